The molecule has 11 nitrogen and oxygen atoms in total. The van der Waals surface area contributed by atoms with E-state index in [4.69, 9.17) is 27.2 Å². The van der Waals surface area contributed by atoms with Crippen molar-refractivity contribution in [2.24, 2.45) is 11.7 Å². The van der Waals surface area contributed by atoms with Crippen molar-refractivity contribution in [3.8, 4) is 6.07 Å². The first-order chi connectivity index (χ1) is 17.4. The first kappa shape index (κ1) is 27.6. The molecule has 0 amide bonds. The molecule has 1 saturated heterocycles. The van der Waals surface area contributed by atoms with Gasteiger partial charge in [0.25, 0.3) is 0 Å². The number of sulfonamides is 1. The van der Waals surface area contributed by atoms with Gasteiger partial charge in [0, 0.05) is 12.0 Å². The highest BCUT2D eigenvalue weighted by molar-refractivity contribution is 7.88. The zero-order valence-corrected chi connectivity index (χ0v) is 23.1. The standard InChI is InChI=1S/C24H34ClN7O4S/c1-5-24(8-6-9-24)21-15(11-26)19(25)17-12-28-23(30-32(17)21)29-16-7-10-31(37(4,34)35)13-18(16)36-22(33)20(27)14(2)3/h12,14,16,18,20H,5-10,13,27H2,1-4H3,(H,29,30)/t16-,18+,20-/m0/s1. The second-order valence-corrected chi connectivity index (χ2v) is 12.8. The minimum atomic E-state index is -3.48. The van der Waals surface area contributed by atoms with E-state index in [0.717, 1.165) is 37.6 Å². The number of nitriles is 1. The fourth-order valence-corrected chi connectivity index (χ4v) is 6.28. The zero-order chi connectivity index (χ0) is 27.1. The first-order valence-electron chi connectivity index (χ1n) is 12.6. The molecule has 37 heavy (non-hydrogen) atoms. The van der Waals surface area contributed by atoms with Crippen molar-refractivity contribution in [1.82, 2.24) is 18.9 Å². The maximum atomic E-state index is 12.7. The van der Waals surface area contributed by atoms with E-state index in [-0.39, 0.29) is 30.4 Å². The third kappa shape index (κ3) is 5.14. The summed E-state index contributed by atoms with van der Waals surface area (Å²) in [5, 5.41) is 18.2. The Morgan fingerprint density at radius 2 is 2.14 bits per heavy atom. The summed E-state index contributed by atoms with van der Waals surface area (Å²) < 4.78 is 33.1. The second kappa shape index (κ2) is 10.4. The average molecular weight is 552 g/mol. The molecule has 0 spiro atoms. The smallest absolute Gasteiger partial charge is 0.323 e. The number of anilines is 1. The second-order valence-electron chi connectivity index (χ2n) is 10.4. The Bertz CT molecular complexity index is 1330. The molecular formula is C24H34ClN7O4S. The molecule has 1 saturated carbocycles. The number of nitrogens with zero attached hydrogens (tertiary/aromatic N) is 5. The molecule has 1 aliphatic heterocycles. The Balaban J connectivity index is 1.67. The molecule has 1 aliphatic carbocycles. The van der Waals surface area contributed by atoms with Gasteiger partial charge in [0.1, 0.15) is 23.7 Å². The number of nitrogens with two attached hydrogens (primary N) is 1. The number of halogens is 1. The number of hydrogen-bond acceptors (Lipinski definition) is 9. The van der Waals surface area contributed by atoms with Gasteiger partial charge in [-0.2, -0.15) is 9.57 Å². The van der Waals surface area contributed by atoms with Gasteiger partial charge in [-0.05, 0) is 31.6 Å². The fourth-order valence-electron chi connectivity index (χ4n) is 5.17. The summed E-state index contributed by atoms with van der Waals surface area (Å²) in [6.45, 7) is 5.97. The number of aromatic nitrogens is 3. The minimum Gasteiger partial charge on any atom is -0.458 e. The van der Waals surface area contributed by atoms with Crippen molar-refractivity contribution in [3.05, 3.63) is 22.5 Å². The summed E-state index contributed by atoms with van der Waals surface area (Å²) in [5.41, 5.74) is 7.59. The van der Waals surface area contributed by atoms with Crippen LogP contribution in [-0.2, 0) is 25.0 Å². The third-order valence-corrected chi connectivity index (χ3v) is 9.44. The molecule has 13 heteroatoms. The summed E-state index contributed by atoms with van der Waals surface area (Å²) >= 11 is 6.57. The maximum absolute atomic E-state index is 12.7. The molecule has 0 unspecified atom stereocenters. The highest BCUT2D eigenvalue weighted by Gasteiger charge is 2.43. The molecule has 2 aromatic rings. The summed E-state index contributed by atoms with van der Waals surface area (Å²) in [6.07, 6.45) is 6.10. The van der Waals surface area contributed by atoms with E-state index in [2.05, 4.69) is 23.3 Å². The van der Waals surface area contributed by atoms with Gasteiger partial charge in [-0.15, -0.1) is 5.10 Å². The van der Waals surface area contributed by atoms with E-state index in [1.165, 1.54) is 4.31 Å². The van der Waals surface area contributed by atoms with Crippen molar-refractivity contribution in [3.63, 3.8) is 0 Å². The minimum absolute atomic E-state index is 0.00652. The molecule has 3 N–H and O–H groups in total. The largest absolute Gasteiger partial charge is 0.458 e. The molecule has 3 atom stereocenters. The van der Waals surface area contributed by atoms with Crippen LogP contribution in [0, 0.1) is 17.2 Å². The number of nitrogens with one attached hydrogen (secondary N) is 1. The third-order valence-electron chi connectivity index (χ3n) is 7.79. The lowest BCUT2D eigenvalue weighted by atomic mass is 9.64. The Hall–Kier alpha value is -2.46. The number of rotatable bonds is 8. The van der Waals surface area contributed by atoms with E-state index < -0.39 is 34.2 Å². The normalized spacial score (nSPS) is 22.9. The van der Waals surface area contributed by atoms with E-state index >= 15 is 0 Å². The van der Waals surface area contributed by atoms with Crippen molar-refractivity contribution >= 4 is 39.1 Å². The number of esters is 1. The zero-order valence-electron chi connectivity index (χ0n) is 21.6. The first-order valence-corrected chi connectivity index (χ1v) is 14.8. The molecule has 2 aromatic heterocycles. The average Bonchev–Trinajstić information content (AvgIpc) is 3.09. The van der Waals surface area contributed by atoms with Crippen LogP contribution in [0.4, 0.5) is 5.95 Å². The lowest BCUT2D eigenvalue weighted by Gasteiger charge is -2.41. The van der Waals surface area contributed by atoms with Gasteiger partial charge in [0.15, 0.2) is 0 Å². The van der Waals surface area contributed by atoms with E-state index in [9.17, 15) is 18.5 Å². The number of hydrogen-bond donors (Lipinski definition) is 2. The predicted molar refractivity (Wildman–Crippen MR) is 140 cm³/mol. The molecule has 2 fully saturated rings. The van der Waals surface area contributed by atoms with Gasteiger partial charge in [-0.3, -0.25) is 4.79 Å². The van der Waals surface area contributed by atoms with Crippen molar-refractivity contribution in [2.45, 2.75) is 76.5 Å². The molecule has 4 rings (SSSR count). The lowest BCUT2D eigenvalue weighted by Crippen LogP contribution is -2.54. The summed E-state index contributed by atoms with van der Waals surface area (Å²) in [4.78, 5) is 17.1. The van der Waals surface area contributed by atoms with Crippen LogP contribution >= 0.6 is 11.6 Å². The van der Waals surface area contributed by atoms with Gasteiger partial charge >= 0.3 is 5.97 Å². The fraction of sp³-hybridized carbons (Fsp3) is 0.667. The highest BCUT2D eigenvalue weighted by Crippen LogP contribution is 2.49. The molecule has 2 aliphatic rings. The van der Waals surface area contributed by atoms with Gasteiger partial charge in [0.2, 0.25) is 16.0 Å². The molecule has 0 bridgehead atoms. The van der Waals surface area contributed by atoms with Crippen molar-refractivity contribution in [1.29, 1.82) is 5.26 Å². The van der Waals surface area contributed by atoms with Crippen LogP contribution in [0.25, 0.3) is 5.52 Å². The molecule has 0 aromatic carbocycles. The number of carbonyl (C=O) groups excluding carboxylic acids is 1. The Morgan fingerprint density at radius 1 is 1.43 bits per heavy atom. The van der Waals surface area contributed by atoms with Crippen LogP contribution in [-0.4, -0.2) is 70.8 Å². The number of carbonyl (C=O) groups is 1. The monoisotopic (exact) mass is 551 g/mol. The molecule has 0 radical (unpaired) electrons. The van der Waals surface area contributed by atoms with E-state index in [0.29, 0.717) is 22.5 Å². The van der Waals surface area contributed by atoms with Crippen LogP contribution in [0.15, 0.2) is 6.20 Å². The number of ether oxygens (including phenoxy) is 1. The molecule has 202 valence electrons. The number of piperidine rings is 1. The Labute approximate surface area is 222 Å². The Morgan fingerprint density at radius 3 is 2.68 bits per heavy atom. The summed E-state index contributed by atoms with van der Waals surface area (Å²) in [6, 6.07) is 0.975. The van der Waals surface area contributed by atoms with Crippen LogP contribution in [0.1, 0.15) is 64.1 Å². The molecular weight excluding hydrogens is 518 g/mol. The summed E-state index contributed by atoms with van der Waals surface area (Å²) in [5.74, 6) is -0.461. The summed E-state index contributed by atoms with van der Waals surface area (Å²) in [7, 11) is -3.48. The molecule has 3 heterocycles. The van der Waals surface area contributed by atoms with Crippen LogP contribution in [0.3, 0.4) is 0 Å². The van der Waals surface area contributed by atoms with Gasteiger partial charge < -0.3 is 15.8 Å². The topological polar surface area (TPSA) is 156 Å². The van der Waals surface area contributed by atoms with E-state index in [1.807, 2.05) is 13.8 Å². The van der Waals surface area contributed by atoms with Gasteiger partial charge in [-0.25, -0.2) is 17.9 Å². The number of fused-ring (bicyclic) bond motifs is 1. The maximum Gasteiger partial charge on any atom is 0.323 e. The van der Waals surface area contributed by atoms with E-state index in [1.54, 1.807) is 10.7 Å². The highest BCUT2D eigenvalue weighted by atomic mass is 35.5. The lowest BCUT2D eigenvalue weighted by molar-refractivity contribution is -0.154. The quantitative estimate of drug-likeness (QED) is 0.470. The van der Waals surface area contributed by atoms with Crippen LogP contribution < -0.4 is 11.1 Å². The van der Waals surface area contributed by atoms with Gasteiger partial charge in [0.05, 0.1) is 41.3 Å². The van der Waals surface area contributed by atoms with Crippen molar-refractivity contribution in [2.75, 3.05) is 24.7 Å². The van der Waals surface area contributed by atoms with Crippen LogP contribution in [0.5, 0.6) is 0 Å². The van der Waals surface area contributed by atoms with Crippen LogP contribution in [0.2, 0.25) is 5.02 Å². The Kier molecular flexibility index (Phi) is 7.72. The predicted octanol–water partition coefficient (Wildman–Crippen LogP) is 2.43. The SMILES string of the molecule is CCC1(c2c(C#N)c(Cl)c3cnc(N[C@H]4CCN(S(C)(=O)=O)C[C@H]4OC(=O)[C@@H](N)C(C)C)nn23)CCC1. The van der Waals surface area contributed by atoms with Gasteiger partial charge in [-0.1, -0.05) is 38.8 Å². The van der Waals surface area contributed by atoms with Crippen molar-refractivity contribution < 1.29 is 17.9 Å².